The predicted octanol–water partition coefficient (Wildman–Crippen LogP) is 5.21. The van der Waals surface area contributed by atoms with Crippen LogP contribution in [0.15, 0.2) is 36.4 Å². The van der Waals surface area contributed by atoms with Crippen molar-refractivity contribution < 1.29 is 19.0 Å². The Labute approximate surface area is 165 Å². The average Bonchev–Trinajstić information content (AvgIpc) is 3.09. The second kappa shape index (κ2) is 7.76. The minimum Gasteiger partial charge on any atom is -0.467 e. The Morgan fingerprint density at radius 3 is 3.04 bits per heavy atom. The number of hydrogen-bond donors (Lipinski definition) is 1. The van der Waals surface area contributed by atoms with Crippen LogP contribution < -0.4 is 10.1 Å². The van der Waals surface area contributed by atoms with Crippen molar-refractivity contribution in [3.8, 4) is 5.75 Å². The fourth-order valence-electron chi connectivity index (χ4n) is 3.04. The molecular weight excluding hydrogens is 386 g/mol. The zero-order valence-electron chi connectivity index (χ0n) is 14.7. The number of carbonyl (C=O) groups is 1. The topological polar surface area (TPSA) is 56.8 Å². The molecule has 0 unspecified atom stereocenters. The first-order valence-corrected chi connectivity index (χ1v) is 9.80. The molecule has 2 heterocycles. The number of fused-ring (bicyclic) bond motifs is 2. The fourth-order valence-corrected chi connectivity index (χ4v) is 4.24. The number of ether oxygens (including phenoxy) is 3. The van der Waals surface area contributed by atoms with Gasteiger partial charge in [0, 0.05) is 33.1 Å². The molecule has 1 aliphatic heterocycles. The number of halogens is 1. The Kier molecular flexibility index (Phi) is 5.20. The highest BCUT2D eigenvalue weighted by atomic mass is 35.5. The summed E-state index contributed by atoms with van der Waals surface area (Å²) in [7, 11) is 0. The van der Waals surface area contributed by atoms with Gasteiger partial charge >= 0.3 is 5.97 Å². The molecule has 0 amide bonds. The molecule has 4 rings (SSSR count). The Balaban J connectivity index is 1.54. The summed E-state index contributed by atoms with van der Waals surface area (Å²) in [6.45, 7) is 3.50. The van der Waals surface area contributed by atoms with E-state index in [1.54, 1.807) is 6.92 Å². The van der Waals surface area contributed by atoms with Crippen LogP contribution in [0.3, 0.4) is 0 Å². The van der Waals surface area contributed by atoms with Gasteiger partial charge in [-0.2, -0.15) is 0 Å². The maximum absolute atomic E-state index is 11.9. The van der Waals surface area contributed by atoms with Gasteiger partial charge in [0.25, 0.3) is 0 Å². The molecule has 0 aliphatic carbocycles. The van der Waals surface area contributed by atoms with E-state index in [4.69, 9.17) is 25.8 Å². The van der Waals surface area contributed by atoms with E-state index in [0.29, 0.717) is 29.7 Å². The van der Waals surface area contributed by atoms with Crippen molar-refractivity contribution in [1.29, 1.82) is 0 Å². The lowest BCUT2D eigenvalue weighted by Crippen LogP contribution is -2.14. The van der Waals surface area contributed by atoms with Crippen molar-refractivity contribution in [2.45, 2.75) is 20.1 Å². The largest absolute Gasteiger partial charge is 0.467 e. The summed E-state index contributed by atoms with van der Waals surface area (Å²) in [6, 6.07) is 11.7. The van der Waals surface area contributed by atoms with Crippen molar-refractivity contribution in [1.82, 2.24) is 0 Å². The number of anilines is 1. The van der Waals surface area contributed by atoms with Crippen molar-refractivity contribution >= 4 is 44.7 Å². The molecule has 5 nitrogen and oxygen atoms in total. The van der Waals surface area contributed by atoms with Crippen LogP contribution in [-0.4, -0.2) is 19.4 Å². The summed E-state index contributed by atoms with van der Waals surface area (Å²) in [5, 5.41) is 5.07. The molecule has 0 saturated carbocycles. The van der Waals surface area contributed by atoms with Gasteiger partial charge in [-0.3, -0.25) is 0 Å². The molecular formula is C20H18ClNO4S. The summed E-state index contributed by atoms with van der Waals surface area (Å²) in [5.74, 6) is 0.553. The van der Waals surface area contributed by atoms with Gasteiger partial charge in [0.2, 0.25) is 0 Å². The standard InChI is InChI=1S/C20H18ClNO4S/c1-2-25-20(23)18-8-12-7-16(3-4-17(12)27-18)22-9-13-5-15(21)6-14-10-24-11-26-19(13)14/h3-8,22H,2,9-11H2,1H3. The highest BCUT2D eigenvalue weighted by Crippen LogP contribution is 2.33. The molecule has 0 radical (unpaired) electrons. The van der Waals surface area contributed by atoms with Gasteiger partial charge < -0.3 is 19.5 Å². The van der Waals surface area contributed by atoms with Crippen molar-refractivity contribution in [2.24, 2.45) is 0 Å². The van der Waals surface area contributed by atoms with Crippen LogP contribution >= 0.6 is 22.9 Å². The quantitative estimate of drug-likeness (QED) is 0.592. The molecule has 7 heteroatoms. The van der Waals surface area contributed by atoms with Crippen molar-refractivity contribution in [2.75, 3.05) is 18.7 Å². The molecule has 140 valence electrons. The van der Waals surface area contributed by atoms with E-state index in [1.165, 1.54) is 11.3 Å². The number of esters is 1. The maximum atomic E-state index is 11.9. The van der Waals surface area contributed by atoms with Gasteiger partial charge in [-0.15, -0.1) is 11.3 Å². The highest BCUT2D eigenvalue weighted by molar-refractivity contribution is 7.20. The molecule has 0 fully saturated rings. The smallest absolute Gasteiger partial charge is 0.348 e. The van der Waals surface area contributed by atoms with Gasteiger partial charge in [0.1, 0.15) is 10.6 Å². The number of thiophene rings is 1. The SMILES string of the molecule is CCOC(=O)c1cc2cc(NCc3cc(Cl)cc4c3OCOC4)ccc2s1. The third kappa shape index (κ3) is 3.88. The Bertz CT molecular complexity index is 1000. The first-order valence-electron chi connectivity index (χ1n) is 8.60. The Hall–Kier alpha value is -2.28. The molecule has 0 bridgehead atoms. The van der Waals surface area contributed by atoms with Gasteiger partial charge in [0.05, 0.1) is 13.2 Å². The van der Waals surface area contributed by atoms with E-state index in [0.717, 1.165) is 32.6 Å². The summed E-state index contributed by atoms with van der Waals surface area (Å²) in [4.78, 5) is 12.5. The first-order chi connectivity index (χ1) is 13.1. The minimum atomic E-state index is -0.280. The second-order valence-electron chi connectivity index (χ2n) is 6.10. The van der Waals surface area contributed by atoms with Crippen molar-refractivity contribution in [3.05, 3.63) is 57.4 Å². The number of nitrogens with one attached hydrogen (secondary N) is 1. The van der Waals surface area contributed by atoms with E-state index in [9.17, 15) is 4.79 Å². The Morgan fingerprint density at radius 2 is 2.19 bits per heavy atom. The molecule has 0 saturated heterocycles. The van der Waals surface area contributed by atoms with Crippen LogP contribution in [0.1, 0.15) is 27.7 Å². The van der Waals surface area contributed by atoms with Crippen LogP contribution in [0.2, 0.25) is 5.02 Å². The van der Waals surface area contributed by atoms with Gasteiger partial charge in [-0.25, -0.2) is 4.79 Å². The lowest BCUT2D eigenvalue weighted by molar-refractivity contribution is -0.0169. The van der Waals surface area contributed by atoms with E-state index < -0.39 is 0 Å². The predicted molar refractivity (Wildman–Crippen MR) is 107 cm³/mol. The number of rotatable bonds is 5. The zero-order chi connectivity index (χ0) is 18.8. The van der Waals surface area contributed by atoms with E-state index in [1.807, 2.05) is 36.4 Å². The number of benzene rings is 2. The molecule has 1 aliphatic rings. The van der Waals surface area contributed by atoms with Crippen molar-refractivity contribution in [3.63, 3.8) is 0 Å². The molecule has 1 aromatic heterocycles. The van der Waals surface area contributed by atoms with Crippen LogP contribution in [0, 0.1) is 0 Å². The third-order valence-corrected chi connectivity index (χ3v) is 5.54. The monoisotopic (exact) mass is 403 g/mol. The second-order valence-corrected chi connectivity index (χ2v) is 7.62. The van der Waals surface area contributed by atoms with Crippen LogP contribution in [0.4, 0.5) is 5.69 Å². The molecule has 27 heavy (non-hydrogen) atoms. The maximum Gasteiger partial charge on any atom is 0.348 e. The summed E-state index contributed by atoms with van der Waals surface area (Å²) in [6.07, 6.45) is 0. The van der Waals surface area contributed by atoms with Crippen LogP contribution in [0.25, 0.3) is 10.1 Å². The molecule has 0 atom stereocenters. The molecule has 0 spiro atoms. The molecule has 2 aromatic carbocycles. The lowest BCUT2D eigenvalue weighted by Gasteiger charge is -2.21. The fraction of sp³-hybridized carbons (Fsp3) is 0.250. The van der Waals surface area contributed by atoms with E-state index in [2.05, 4.69) is 5.32 Å². The average molecular weight is 404 g/mol. The van der Waals surface area contributed by atoms with Gasteiger partial charge in [0.15, 0.2) is 6.79 Å². The van der Waals surface area contributed by atoms with Crippen LogP contribution in [0.5, 0.6) is 5.75 Å². The normalized spacial score (nSPS) is 13.1. The highest BCUT2D eigenvalue weighted by Gasteiger charge is 2.16. The minimum absolute atomic E-state index is 0.249. The van der Waals surface area contributed by atoms with E-state index in [-0.39, 0.29) is 12.8 Å². The first kappa shape index (κ1) is 18.1. The summed E-state index contributed by atoms with van der Waals surface area (Å²) >= 11 is 7.65. The number of carbonyl (C=O) groups excluding carboxylic acids is 1. The molecule has 1 N–H and O–H groups in total. The Morgan fingerprint density at radius 1 is 1.30 bits per heavy atom. The van der Waals surface area contributed by atoms with Gasteiger partial charge in [-0.1, -0.05) is 11.6 Å². The summed E-state index contributed by atoms with van der Waals surface area (Å²) in [5.41, 5.74) is 2.90. The van der Waals surface area contributed by atoms with Gasteiger partial charge in [-0.05, 0) is 48.7 Å². The molecule has 3 aromatic rings. The van der Waals surface area contributed by atoms with E-state index >= 15 is 0 Å². The third-order valence-electron chi connectivity index (χ3n) is 4.23. The van der Waals surface area contributed by atoms with Crippen LogP contribution in [-0.2, 0) is 22.6 Å². The number of hydrogen-bond acceptors (Lipinski definition) is 6. The summed E-state index contributed by atoms with van der Waals surface area (Å²) < 4.78 is 17.1. The lowest BCUT2D eigenvalue weighted by atomic mass is 10.1. The zero-order valence-corrected chi connectivity index (χ0v) is 16.3.